The minimum atomic E-state index is -2.73. The Morgan fingerprint density at radius 3 is 2.53 bits per heavy atom. The molecule has 1 aromatic carbocycles. The third-order valence-corrected chi connectivity index (χ3v) is 1.96. The van der Waals surface area contributed by atoms with Gasteiger partial charge in [0.25, 0.3) is 0 Å². The molecule has 0 heterocycles. The zero-order valence-corrected chi connectivity index (χ0v) is 8.73. The van der Waals surface area contributed by atoms with Crippen LogP contribution in [0, 0.1) is 0 Å². The van der Waals surface area contributed by atoms with Crippen molar-refractivity contribution in [3.8, 4) is 5.75 Å². The third-order valence-electron chi connectivity index (χ3n) is 1.52. The van der Waals surface area contributed by atoms with E-state index in [1.807, 2.05) is 0 Å². The number of benzene rings is 1. The van der Waals surface area contributed by atoms with Crippen molar-refractivity contribution in [2.45, 2.75) is 13.0 Å². The summed E-state index contributed by atoms with van der Waals surface area (Å²) in [6, 6.07) is 8.32. The second-order valence-corrected chi connectivity index (χ2v) is 3.28. The molecule has 0 spiro atoms. The normalized spacial score (nSPS) is 14.3. The molecule has 0 aromatic heterocycles. The van der Waals surface area contributed by atoms with E-state index < -0.39 is 23.4 Å². The van der Waals surface area contributed by atoms with E-state index in [9.17, 15) is 13.6 Å². The maximum absolute atomic E-state index is 11.2. The van der Waals surface area contributed by atoms with Gasteiger partial charge in [-0.3, -0.25) is 4.18 Å². The van der Waals surface area contributed by atoms with Crippen molar-refractivity contribution < 1.29 is 22.5 Å². The van der Waals surface area contributed by atoms with Crippen LogP contribution in [-0.4, -0.2) is 20.8 Å². The number of hydrogen-bond acceptors (Lipinski definition) is 5. The molecule has 1 rings (SSSR count). The van der Waals surface area contributed by atoms with Gasteiger partial charge in [-0.25, -0.2) is 9.00 Å². The number of esters is 1. The fraction of sp³-hybridized carbons (Fsp3) is 0.222. The van der Waals surface area contributed by atoms with Crippen molar-refractivity contribution in [3.63, 3.8) is 0 Å². The lowest BCUT2D eigenvalue weighted by Crippen LogP contribution is -2.26. The molecule has 0 saturated carbocycles. The van der Waals surface area contributed by atoms with Gasteiger partial charge in [0, 0.05) is 0 Å². The average molecular weight is 229 g/mol. The molecule has 0 fully saturated rings. The molecule has 82 valence electrons. The van der Waals surface area contributed by atoms with Crippen LogP contribution in [0.25, 0.3) is 0 Å². The van der Waals surface area contributed by atoms with E-state index in [2.05, 4.69) is 4.18 Å². The molecule has 0 aliphatic carbocycles. The molecule has 0 aliphatic heterocycles. The summed E-state index contributed by atoms with van der Waals surface area (Å²) in [5.74, 6) is -0.417. The van der Waals surface area contributed by atoms with Crippen LogP contribution in [0.2, 0.25) is 0 Å². The monoisotopic (exact) mass is 229 g/mol. The van der Waals surface area contributed by atoms with E-state index in [0.717, 1.165) is 0 Å². The van der Waals surface area contributed by atoms with Crippen LogP contribution in [0.15, 0.2) is 30.3 Å². The van der Waals surface area contributed by atoms with Gasteiger partial charge in [0.15, 0.2) is 6.10 Å². The van der Waals surface area contributed by atoms with Crippen molar-refractivity contribution in [1.29, 1.82) is 0 Å². The second kappa shape index (κ2) is 5.59. The highest BCUT2D eigenvalue weighted by Crippen LogP contribution is 2.10. The van der Waals surface area contributed by atoms with Gasteiger partial charge in [-0.15, -0.1) is 0 Å². The Labute approximate surface area is 89.5 Å². The molecule has 2 unspecified atom stereocenters. The Kier molecular flexibility index (Phi) is 4.41. The molecular formula is C9H9O5S-. The van der Waals surface area contributed by atoms with E-state index >= 15 is 0 Å². The largest absolute Gasteiger partial charge is 0.750 e. The molecule has 0 radical (unpaired) electrons. The first-order valence-corrected chi connectivity index (χ1v) is 5.12. The predicted octanol–water partition coefficient (Wildman–Crippen LogP) is 0.791. The lowest BCUT2D eigenvalue weighted by atomic mass is 10.3. The highest BCUT2D eigenvalue weighted by atomic mass is 32.2. The molecule has 0 bridgehead atoms. The smallest absolute Gasteiger partial charge is 0.341 e. The van der Waals surface area contributed by atoms with E-state index in [1.54, 1.807) is 30.3 Å². The van der Waals surface area contributed by atoms with Crippen molar-refractivity contribution in [2.24, 2.45) is 0 Å². The molecule has 6 heteroatoms. The number of carbonyl (C=O) groups excluding carboxylic acids is 1. The average Bonchev–Trinajstić information content (AvgIpc) is 2.18. The zero-order valence-electron chi connectivity index (χ0n) is 7.91. The first-order valence-electron chi connectivity index (χ1n) is 4.12. The van der Waals surface area contributed by atoms with Gasteiger partial charge < -0.3 is 9.29 Å². The summed E-state index contributed by atoms with van der Waals surface area (Å²) in [7, 11) is 0. The van der Waals surface area contributed by atoms with Gasteiger partial charge in [0.05, 0.1) is 11.4 Å². The molecule has 0 saturated heterocycles. The predicted molar refractivity (Wildman–Crippen MR) is 51.5 cm³/mol. The van der Waals surface area contributed by atoms with Crippen molar-refractivity contribution in [1.82, 2.24) is 0 Å². The topological polar surface area (TPSA) is 75.7 Å². The summed E-state index contributed by atoms with van der Waals surface area (Å²) in [6.45, 7) is 1.29. The Bertz CT molecular complexity index is 351. The Balaban J connectivity index is 2.52. The maximum Gasteiger partial charge on any atom is 0.341 e. The third kappa shape index (κ3) is 4.20. The molecule has 0 N–H and O–H groups in total. The maximum atomic E-state index is 11.2. The Morgan fingerprint density at radius 2 is 2.00 bits per heavy atom. The van der Waals surface area contributed by atoms with E-state index in [-0.39, 0.29) is 0 Å². The van der Waals surface area contributed by atoms with E-state index in [4.69, 9.17) is 4.74 Å². The van der Waals surface area contributed by atoms with Gasteiger partial charge in [0.1, 0.15) is 5.75 Å². The summed E-state index contributed by atoms with van der Waals surface area (Å²) in [5, 5.41) is 0. The lowest BCUT2D eigenvalue weighted by molar-refractivity contribution is -0.141. The lowest BCUT2D eigenvalue weighted by Gasteiger charge is -2.12. The van der Waals surface area contributed by atoms with Crippen LogP contribution < -0.4 is 4.74 Å². The van der Waals surface area contributed by atoms with Gasteiger partial charge in [-0.2, -0.15) is 0 Å². The minimum Gasteiger partial charge on any atom is -0.750 e. The van der Waals surface area contributed by atoms with Crippen LogP contribution in [0.1, 0.15) is 6.92 Å². The second-order valence-electron chi connectivity index (χ2n) is 2.68. The van der Waals surface area contributed by atoms with Crippen molar-refractivity contribution in [3.05, 3.63) is 30.3 Å². The number of para-hydroxylation sites is 1. The molecule has 1 aromatic rings. The molecule has 2 atom stereocenters. The Hall–Kier alpha value is -1.24. The van der Waals surface area contributed by atoms with Crippen molar-refractivity contribution >= 4 is 17.3 Å². The first-order chi connectivity index (χ1) is 7.09. The van der Waals surface area contributed by atoms with Crippen LogP contribution in [-0.2, 0) is 20.3 Å². The SMILES string of the molecule is CC(OS(=O)[O-])C(=O)Oc1ccccc1. The van der Waals surface area contributed by atoms with E-state index in [0.29, 0.717) is 5.75 Å². The highest BCUT2D eigenvalue weighted by molar-refractivity contribution is 7.74. The zero-order chi connectivity index (χ0) is 11.3. The van der Waals surface area contributed by atoms with Crippen molar-refractivity contribution in [2.75, 3.05) is 0 Å². The van der Waals surface area contributed by atoms with Crippen LogP contribution in [0.3, 0.4) is 0 Å². The molecule has 0 aliphatic rings. The number of rotatable bonds is 4. The minimum absolute atomic E-state index is 0.342. The fourth-order valence-corrected chi connectivity index (χ4v) is 1.16. The standard InChI is InChI=1S/C9H10O5S/c1-7(14-15(11)12)9(10)13-8-5-3-2-4-6-8/h2-7H,1H3,(H,11,12)/p-1. The number of carbonyl (C=O) groups is 1. The first kappa shape index (κ1) is 11.8. The van der Waals surface area contributed by atoms with Crippen LogP contribution >= 0.6 is 0 Å². The number of hydrogen-bond donors (Lipinski definition) is 0. The summed E-state index contributed by atoms with van der Waals surface area (Å²) >= 11 is -2.73. The molecule has 5 nitrogen and oxygen atoms in total. The highest BCUT2D eigenvalue weighted by Gasteiger charge is 2.16. The summed E-state index contributed by atoms with van der Waals surface area (Å²) < 4.78 is 29.3. The summed E-state index contributed by atoms with van der Waals surface area (Å²) in [6.07, 6.45) is -1.15. The summed E-state index contributed by atoms with van der Waals surface area (Å²) in [4.78, 5) is 11.2. The van der Waals surface area contributed by atoms with E-state index in [1.165, 1.54) is 6.92 Å². The van der Waals surface area contributed by atoms with Gasteiger partial charge >= 0.3 is 5.97 Å². The van der Waals surface area contributed by atoms with Gasteiger partial charge in [-0.1, -0.05) is 18.2 Å². The van der Waals surface area contributed by atoms with Gasteiger partial charge in [0.2, 0.25) is 0 Å². The molecule has 15 heavy (non-hydrogen) atoms. The number of ether oxygens (including phenoxy) is 1. The van der Waals surface area contributed by atoms with Crippen LogP contribution in [0.4, 0.5) is 0 Å². The molecule has 0 amide bonds. The summed E-state index contributed by atoms with van der Waals surface area (Å²) in [5.41, 5.74) is 0. The van der Waals surface area contributed by atoms with Crippen LogP contribution in [0.5, 0.6) is 5.75 Å². The molecular weight excluding hydrogens is 220 g/mol. The fourth-order valence-electron chi connectivity index (χ4n) is 0.845. The Morgan fingerprint density at radius 1 is 1.40 bits per heavy atom. The van der Waals surface area contributed by atoms with Gasteiger partial charge in [-0.05, 0) is 19.1 Å². The quantitative estimate of drug-likeness (QED) is 0.433.